The minimum Gasteiger partial charge on any atom is -0.457 e. The van der Waals surface area contributed by atoms with Gasteiger partial charge in [-0.15, -0.1) is 0 Å². The van der Waals surface area contributed by atoms with Crippen LogP contribution in [0.4, 0.5) is 16.2 Å². The van der Waals surface area contributed by atoms with E-state index in [0.717, 1.165) is 16.0 Å². The molecule has 3 aromatic rings. The van der Waals surface area contributed by atoms with Gasteiger partial charge in [-0.25, -0.2) is 9.69 Å². The highest BCUT2D eigenvalue weighted by Gasteiger charge is 2.37. The third kappa shape index (κ3) is 4.18. The summed E-state index contributed by atoms with van der Waals surface area (Å²) < 4.78 is 5.67. The van der Waals surface area contributed by atoms with Crippen LogP contribution in [0.2, 0.25) is 10.0 Å². The summed E-state index contributed by atoms with van der Waals surface area (Å²) in [6.45, 7) is 3.73. The van der Waals surface area contributed by atoms with Gasteiger partial charge in [-0.2, -0.15) is 0 Å². The van der Waals surface area contributed by atoms with E-state index >= 15 is 0 Å². The number of furan rings is 1. The van der Waals surface area contributed by atoms with Gasteiger partial charge in [-0.3, -0.25) is 25.0 Å². The normalized spacial score (nSPS) is 15.1. The second-order valence-corrected chi connectivity index (χ2v) is 8.28. The summed E-state index contributed by atoms with van der Waals surface area (Å²) in [6, 6.07) is 9.49. The molecule has 4 amide bonds. The molecule has 1 N–H and O–H groups in total. The van der Waals surface area contributed by atoms with Gasteiger partial charge in [0.15, 0.2) is 0 Å². The molecule has 1 aromatic heterocycles. The number of anilines is 1. The van der Waals surface area contributed by atoms with Crippen molar-refractivity contribution in [2.45, 2.75) is 13.8 Å². The lowest BCUT2D eigenvalue weighted by Gasteiger charge is -2.26. The van der Waals surface area contributed by atoms with E-state index in [1.54, 1.807) is 18.2 Å². The van der Waals surface area contributed by atoms with E-state index in [9.17, 15) is 24.5 Å². The molecule has 9 nitrogen and oxygen atoms in total. The van der Waals surface area contributed by atoms with Gasteiger partial charge in [0.2, 0.25) is 0 Å². The summed E-state index contributed by atoms with van der Waals surface area (Å²) in [5.41, 5.74) is 1.67. The predicted octanol–water partition coefficient (Wildman–Crippen LogP) is 5.44. The van der Waals surface area contributed by atoms with Crippen LogP contribution < -0.4 is 10.2 Å². The summed E-state index contributed by atoms with van der Waals surface area (Å²) in [4.78, 5) is 49.3. The fourth-order valence-electron chi connectivity index (χ4n) is 3.34. The van der Waals surface area contributed by atoms with E-state index in [4.69, 9.17) is 27.6 Å². The summed E-state index contributed by atoms with van der Waals surface area (Å²) in [5.74, 6) is -1.46. The number of carbonyl (C=O) groups is 3. The molecule has 2 aromatic carbocycles. The van der Waals surface area contributed by atoms with E-state index in [0.29, 0.717) is 5.69 Å². The Balaban J connectivity index is 1.71. The Morgan fingerprint density at radius 2 is 1.74 bits per heavy atom. The number of benzene rings is 2. The van der Waals surface area contributed by atoms with E-state index in [-0.39, 0.29) is 38.4 Å². The zero-order valence-electron chi connectivity index (χ0n) is 17.7. The molecule has 1 fully saturated rings. The number of hydrogen-bond acceptors (Lipinski definition) is 6. The number of rotatable bonds is 4. The van der Waals surface area contributed by atoms with Crippen molar-refractivity contribution in [1.82, 2.24) is 5.32 Å². The smallest absolute Gasteiger partial charge is 0.335 e. The number of urea groups is 1. The molecule has 1 saturated heterocycles. The minimum atomic E-state index is -0.881. The average molecular weight is 500 g/mol. The fraction of sp³-hybridized carbons (Fsp3) is 0.0870. The Kier molecular flexibility index (Phi) is 5.99. The number of halogens is 2. The first kappa shape index (κ1) is 23.2. The number of nitro groups is 1. The van der Waals surface area contributed by atoms with Crippen LogP contribution in [-0.4, -0.2) is 22.8 Å². The topological polar surface area (TPSA) is 123 Å². The number of aryl methyl sites for hydroxylation is 2. The predicted molar refractivity (Wildman–Crippen MR) is 126 cm³/mol. The molecule has 34 heavy (non-hydrogen) atoms. The molecule has 172 valence electrons. The van der Waals surface area contributed by atoms with Crippen molar-refractivity contribution in [1.29, 1.82) is 0 Å². The van der Waals surface area contributed by atoms with Crippen molar-refractivity contribution in [2.75, 3.05) is 4.90 Å². The van der Waals surface area contributed by atoms with E-state index in [1.165, 1.54) is 30.3 Å². The zero-order valence-corrected chi connectivity index (χ0v) is 19.2. The summed E-state index contributed by atoms with van der Waals surface area (Å²) in [6.07, 6.45) is 1.18. The van der Waals surface area contributed by atoms with E-state index < -0.39 is 22.8 Å². The molecule has 1 aliphatic heterocycles. The number of nitrogens with one attached hydrogen (secondary N) is 1. The van der Waals surface area contributed by atoms with Crippen molar-refractivity contribution < 1.29 is 23.7 Å². The zero-order chi connectivity index (χ0) is 24.7. The Morgan fingerprint density at radius 3 is 2.41 bits per heavy atom. The standard InChI is InChI=1S/C23H15Cl2N3O6/c1-11-3-4-13(7-12(11)2)27-22(30)16(21(29)26-23(27)31)8-14-5-6-20(34-14)15-9-19(28(32)33)18(25)10-17(15)24/h3-10H,1-2H3,(H,26,29,31)/b16-8+. The van der Waals surface area contributed by atoms with Gasteiger partial charge in [0.25, 0.3) is 17.5 Å². The molecule has 0 saturated carbocycles. The third-order valence-corrected chi connectivity index (χ3v) is 5.88. The number of hydrogen-bond donors (Lipinski definition) is 1. The molecule has 0 aliphatic carbocycles. The maximum atomic E-state index is 13.1. The number of nitrogens with zero attached hydrogens (tertiary/aromatic N) is 2. The van der Waals surface area contributed by atoms with Gasteiger partial charge >= 0.3 is 6.03 Å². The molecular formula is C23H15Cl2N3O6. The summed E-state index contributed by atoms with van der Waals surface area (Å²) in [5, 5.41) is 13.3. The van der Waals surface area contributed by atoms with Crippen molar-refractivity contribution in [3.63, 3.8) is 0 Å². The van der Waals surface area contributed by atoms with Crippen LogP contribution in [-0.2, 0) is 9.59 Å². The molecule has 4 rings (SSSR count). The monoisotopic (exact) mass is 499 g/mol. The molecule has 0 radical (unpaired) electrons. The van der Waals surface area contributed by atoms with E-state index in [1.807, 2.05) is 13.8 Å². The van der Waals surface area contributed by atoms with Crippen LogP contribution in [0, 0.1) is 24.0 Å². The highest BCUT2D eigenvalue weighted by Crippen LogP contribution is 2.37. The molecule has 0 bridgehead atoms. The van der Waals surface area contributed by atoms with Crippen molar-refractivity contribution in [3.8, 4) is 11.3 Å². The number of amides is 4. The first-order valence-electron chi connectivity index (χ1n) is 9.79. The van der Waals surface area contributed by atoms with E-state index in [2.05, 4.69) is 5.32 Å². The molecule has 11 heteroatoms. The lowest BCUT2D eigenvalue weighted by atomic mass is 10.1. The largest absolute Gasteiger partial charge is 0.457 e. The number of barbiturate groups is 1. The molecular weight excluding hydrogens is 485 g/mol. The molecule has 0 atom stereocenters. The van der Waals surface area contributed by atoms with Gasteiger partial charge in [0, 0.05) is 11.6 Å². The van der Waals surface area contributed by atoms with Crippen LogP contribution in [0.25, 0.3) is 17.4 Å². The first-order chi connectivity index (χ1) is 16.1. The molecule has 2 heterocycles. The van der Waals surface area contributed by atoms with Gasteiger partial charge in [0.05, 0.1) is 15.6 Å². The summed E-state index contributed by atoms with van der Waals surface area (Å²) in [7, 11) is 0. The second-order valence-electron chi connectivity index (χ2n) is 7.47. The lowest BCUT2D eigenvalue weighted by molar-refractivity contribution is -0.384. The van der Waals surface area contributed by atoms with Crippen LogP contribution in [0.1, 0.15) is 16.9 Å². The van der Waals surface area contributed by atoms with Crippen LogP contribution in [0.15, 0.2) is 52.5 Å². The maximum Gasteiger partial charge on any atom is 0.335 e. The highest BCUT2D eigenvalue weighted by molar-refractivity contribution is 6.39. The molecule has 0 unspecified atom stereocenters. The fourth-order valence-corrected chi connectivity index (χ4v) is 3.89. The van der Waals surface area contributed by atoms with Crippen molar-refractivity contribution >= 4 is 58.5 Å². The number of nitro benzene ring substituents is 1. The SMILES string of the molecule is Cc1ccc(N2C(=O)NC(=O)/C(=C\c3ccc(-c4cc([N+](=O)[O-])c(Cl)cc4Cl)o3)C2=O)cc1C. The van der Waals surface area contributed by atoms with Crippen LogP contribution in [0.3, 0.4) is 0 Å². The first-order valence-corrected chi connectivity index (χ1v) is 10.5. The Hall–Kier alpha value is -3.95. The van der Waals surface area contributed by atoms with Gasteiger partial charge in [-0.05, 0) is 61.4 Å². The van der Waals surface area contributed by atoms with Crippen molar-refractivity contribution in [3.05, 3.63) is 85.1 Å². The number of imide groups is 2. The third-order valence-electron chi connectivity index (χ3n) is 5.26. The molecule has 0 spiro atoms. The average Bonchev–Trinajstić information content (AvgIpc) is 3.21. The van der Waals surface area contributed by atoms with Crippen molar-refractivity contribution in [2.24, 2.45) is 0 Å². The van der Waals surface area contributed by atoms with Gasteiger partial charge in [0.1, 0.15) is 22.1 Å². The molecule has 1 aliphatic rings. The quantitative estimate of drug-likeness (QED) is 0.220. The van der Waals surface area contributed by atoms with Gasteiger partial charge < -0.3 is 4.42 Å². The van der Waals surface area contributed by atoms with Gasteiger partial charge in [-0.1, -0.05) is 29.3 Å². The van der Waals surface area contributed by atoms with Crippen LogP contribution >= 0.6 is 23.2 Å². The maximum absolute atomic E-state index is 13.1. The van der Waals surface area contributed by atoms with Crippen LogP contribution in [0.5, 0.6) is 0 Å². The Bertz CT molecular complexity index is 1430. The lowest BCUT2D eigenvalue weighted by Crippen LogP contribution is -2.54. The summed E-state index contributed by atoms with van der Waals surface area (Å²) >= 11 is 12.0. The Labute approximate surface area is 202 Å². The second kappa shape index (κ2) is 8.77. The Morgan fingerprint density at radius 1 is 1.00 bits per heavy atom. The highest BCUT2D eigenvalue weighted by atomic mass is 35.5. The minimum absolute atomic E-state index is 0.0940. The number of carbonyl (C=O) groups excluding carboxylic acids is 3.